The monoisotopic (exact) mass is 197 g/mol. The lowest BCUT2D eigenvalue weighted by Crippen LogP contribution is -2.44. The number of rotatable bonds is 2. The van der Waals surface area contributed by atoms with Crippen LogP contribution in [0.4, 0.5) is 4.79 Å². The van der Waals surface area contributed by atoms with Gasteiger partial charge in [-0.05, 0) is 0 Å². The average Bonchev–Trinajstić information content (AvgIpc) is 2.12. The first-order chi connectivity index (χ1) is 6.63. The largest absolute Gasteiger partial charge is 0.445 e. The molecule has 1 amide bonds. The summed E-state index contributed by atoms with van der Waals surface area (Å²) in [5.74, 6) is -0.506. The van der Waals surface area contributed by atoms with Gasteiger partial charge >= 0.3 is 6.09 Å². The Balaban J connectivity index is 2.50. The first-order valence-electron chi connectivity index (χ1n) is 4.19. The average molecular weight is 197 g/mol. The number of ketones is 2. The molecule has 0 aromatic carbocycles. The molecule has 1 aliphatic rings. The Morgan fingerprint density at radius 3 is 2.50 bits per heavy atom. The lowest BCUT2D eigenvalue weighted by molar-refractivity contribution is -0.131. The normalized spacial score (nSPS) is 16.7. The van der Waals surface area contributed by atoms with Crippen molar-refractivity contribution in [3.63, 3.8) is 0 Å². The van der Waals surface area contributed by atoms with E-state index in [9.17, 15) is 14.4 Å². The Hall–Kier alpha value is -1.65. The van der Waals surface area contributed by atoms with Crippen molar-refractivity contribution >= 4 is 17.7 Å². The molecule has 1 heterocycles. The van der Waals surface area contributed by atoms with Crippen molar-refractivity contribution in [2.75, 3.05) is 19.7 Å². The van der Waals surface area contributed by atoms with Crippen LogP contribution in [0.25, 0.3) is 0 Å². The standard InChI is InChI=1S/C9H11NO4/c1-2-3-14-9(13)10-5-7(11)4-8(12)6-10/h2H,1,3-6H2. The number of hydrogen-bond acceptors (Lipinski definition) is 4. The number of piperidine rings is 1. The lowest BCUT2D eigenvalue weighted by Gasteiger charge is -2.23. The lowest BCUT2D eigenvalue weighted by atomic mass is 10.1. The third-order valence-electron chi connectivity index (χ3n) is 1.71. The highest BCUT2D eigenvalue weighted by molar-refractivity contribution is 6.05. The smallest absolute Gasteiger partial charge is 0.410 e. The summed E-state index contributed by atoms with van der Waals surface area (Å²) in [6.07, 6.45) is 0.697. The van der Waals surface area contributed by atoms with Gasteiger partial charge in [-0.2, -0.15) is 0 Å². The number of amides is 1. The van der Waals surface area contributed by atoms with Crippen LogP contribution >= 0.6 is 0 Å². The van der Waals surface area contributed by atoms with Gasteiger partial charge in [0.05, 0.1) is 19.5 Å². The number of Topliss-reactive ketones (excluding diaryl/α,β-unsaturated/α-hetero) is 2. The second-order valence-electron chi connectivity index (χ2n) is 2.98. The number of carbonyl (C=O) groups excluding carboxylic acids is 3. The third kappa shape index (κ3) is 2.69. The minimum atomic E-state index is -0.647. The second kappa shape index (κ2) is 4.55. The fourth-order valence-corrected chi connectivity index (χ4v) is 1.16. The predicted octanol–water partition coefficient (Wildman–Crippen LogP) is 0.153. The quantitative estimate of drug-likeness (QED) is 0.467. The Kier molecular flexibility index (Phi) is 3.39. The molecule has 0 radical (unpaired) electrons. The van der Waals surface area contributed by atoms with Gasteiger partial charge in [0.25, 0.3) is 0 Å². The fourth-order valence-electron chi connectivity index (χ4n) is 1.16. The van der Waals surface area contributed by atoms with Crippen LogP contribution in [0.2, 0.25) is 0 Å². The first-order valence-corrected chi connectivity index (χ1v) is 4.19. The van der Waals surface area contributed by atoms with Crippen LogP contribution in [-0.2, 0) is 14.3 Å². The summed E-state index contributed by atoms with van der Waals surface area (Å²) in [5.41, 5.74) is 0. The van der Waals surface area contributed by atoms with Crippen LogP contribution in [-0.4, -0.2) is 42.3 Å². The fraction of sp³-hybridized carbons (Fsp3) is 0.444. The maximum Gasteiger partial charge on any atom is 0.410 e. The molecule has 1 saturated heterocycles. The summed E-state index contributed by atoms with van der Waals surface area (Å²) in [6.45, 7) is 3.38. The van der Waals surface area contributed by atoms with Crippen molar-refractivity contribution in [2.24, 2.45) is 0 Å². The summed E-state index contributed by atoms with van der Waals surface area (Å²) in [6, 6.07) is 0. The van der Waals surface area contributed by atoms with Crippen molar-refractivity contribution in [1.29, 1.82) is 0 Å². The van der Waals surface area contributed by atoms with Gasteiger partial charge in [0.15, 0.2) is 11.6 Å². The molecule has 0 spiro atoms. The topological polar surface area (TPSA) is 63.7 Å². The molecule has 0 aromatic heterocycles. The molecule has 14 heavy (non-hydrogen) atoms. The van der Waals surface area contributed by atoms with Crippen molar-refractivity contribution in [3.05, 3.63) is 12.7 Å². The SMILES string of the molecule is C=CCOC(=O)N1CC(=O)CC(=O)C1. The van der Waals surface area contributed by atoms with E-state index in [0.29, 0.717) is 0 Å². The number of ether oxygens (including phenoxy) is 1. The van der Waals surface area contributed by atoms with Gasteiger partial charge < -0.3 is 4.74 Å². The second-order valence-corrected chi connectivity index (χ2v) is 2.98. The van der Waals surface area contributed by atoms with Crippen LogP contribution in [0, 0.1) is 0 Å². The number of hydrogen-bond donors (Lipinski definition) is 0. The number of likely N-dealkylation sites (tertiary alicyclic amines) is 1. The summed E-state index contributed by atoms with van der Waals surface area (Å²) in [4.78, 5) is 34.2. The zero-order valence-electron chi connectivity index (χ0n) is 7.69. The van der Waals surface area contributed by atoms with Gasteiger partial charge in [0, 0.05) is 0 Å². The van der Waals surface area contributed by atoms with E-state index in [1.807, 2.05) is 0 Å². The zero-order chi connectivity index (χ0) is 10.6. The van der Waals surface area contributed by atoms with Gasteiger partial charge in [-0.1, -0.05) is 12.7 Å². The Morgan fingerprint density at radius 2 is 2.00 bits per heavy atom. The maximum absolute atomic E-state index is 11.2. The van der Waals surface area contributed by atoms with E-state index in [1.165, 1.54) is 6.08 Å². The summed E-state index contributed by atoms with van der Waals surface area (Å²) in [7, 11) is 0. The van der Waals surface area contributed by atoms with Crippen molar-refractivity contribution < 1.29 is 19.1 Å². The summed E-state index contributed by atoms with van der Waals surface area (Å²) < 4.78 is 4.69. The molecular weight excluding hydrogens is 186 g/mol. The van der Waals surface area contributed by atoms with Crippen molar-refractivity contribution in [3.8, 4) is 0 Å². The first kappa shape index (κ1) is 10.4. The Bertz CT molecular complexity index is 269. The number of carbonyl (C=O) groups is 3. The van der Waals surface area contributed by atoms with Gasteiger partial charge in [-0.25, -0.2) is 4.79 Å². The van der Waals surface area contributed by atoms with E-state index in [-0.39, 0.29) is 37.7 Å². The molecule has 76 valence electrons. The molecule has 0 bridgehead atoms. The molecule has 0 N–H and O–H groups in total. The molecule has 0 aromatic rings. The van der Waals surface area contributed by atoms with Crippen LogP contribution in [0.5, 0.6) is 0 Å². The van der Waals surface area contributed by atoms with E-state index >= 15 is 0 Å². The van der Waals surface area contributed by atoms with Crippen LogP contribution in [0.15, 0.2) is 12.7 Å². The van der Waals surface area contributed by atoms with Gasteiger partial charge in [0.2, 0.25) is 0 Å². The molecule has 0 aliphatic carbocycles. The Labute approximate surface area is 81.3 Å². The van der Waals surface area contributed by atoms with Crippen molar-refractivity contribution in [1.82, 2.24) is 4.90 Å². The van der Waals surface area contributed by atoms with Crippen LogP contribution in [0.1, 0.15) is 6.42 Å². The molecule has 1 fully saturated rings. The minimum absolute atomic E-state index is 0.0400. The van der Waals surface area contributed by atoms with Crippen LogP contribution < -0.4 is 0 Å². The molecular formula is C9H11NO4. The van der Waals surface area contributed by atoms with Gasteiger partial charge in [0.1, 0.15) is 6.61 Å². The van der Waals surface area contributed by atoms with E-state index in [1.54, 1.807) is 0 Å². The highest BCUT2D eigenvalue weighted by atomic mass is 16.6. The third-order valence-corrected chi connectivity index (χ3v) is 1.71. The van der Waals surface area contributed by atoms with E-state index in [2.05, 4.69) is 6.58 Å². The van der Waals surface area contributed by atoms with E-state index in [4.69, 9.17) is 4.74 Å². The van der Waals surface area contributed by atoms with Crippen LogP contribution in [0.3, 0.4) is 0 Å². The molecule has 0 saturated carbocycles. The Morgan fingerprint density at radius 1 is 1.43 bits per heavy atom. The zero-order valence-corrected chi connectivity index (χ0v) is 7.69. The molecule has 1 rings (SSSR count). The molecule has 5 nitrogen and oxygen atoms in total. The van der Waals surface area contributed by atoms with Gasteiger partial charge in [-0.15, -0.1) is 0 Å². The molecule has 0 unspecified atom stereocenters. The molecule has 1 aliphatic heterocycles. The van der Waals surface area contributed by atoms with E-state index < -0.39 is 6.09 Å². The van der Waals surface area contributed by atoms with E-state index in [0.717, 1.165) is 4.90 Å². The summed E-state index contributed by atoms with van der Waals surface area (Å²) in [5, 5.41) is 0. The molecule has 0 atom stereocenters. The van der Waals surface area contributed by atoms with Gasteiger partial charge in [-0.3, -0.25) is 14.5 Å². The van der Waals surface area contributed by atoms with Crippen molar-refractivity contribution in [2.45, 2.75) is 6.42 Å². The predicted molar refractivity (Wildman–Crippen MR) is 47.7 cm³/mol. The highest BCUT2D eigenvalue weighted by Gasteiger charge is 2.27. The minimum Gasteiger partial charge on any atom is -0.445 e. The molecule has 5 heteroatoms. The number of nitrogens with zero attached hydrogens (tertiary/aromatic N) is 1. The highest BCUT2D eigenvalue weighted by Crippen LogP contribution is 2.04. The summed E-state index contributed by atoms with van der Waals surface area (Å²) >= 11 is 0. The maximum atomic E-state index is 11.2.